The second-order valence-corrected chi connectivity index (χ2v) is 7.99. The minimum absolute atomic E-state index is 0.117. The number of nitrogens with two attached hydrogens (primary N) is 1. The van der Waals surface area contributed by atoms with Crippen LogP contribution < -0.4 is 21.7 Å². The van der Waals surface area contributed by atoms with E-state index in [-0.39, 0.29) is 17.3 Å². The summed E-state index contributed by atoms with van der Waals surface area (Å²) >= 11 is 1.65. The van der Waals surface area contributed by atoms with Crippen molar-refractivity contribution in [2.75, 3.05) is 17.2 Å². The molecule has 0 saturated carbocycles. The van der Waals surface area contributed by atoms with Crippen LogP contribution in [0.4, 0.5) is 23.1 Å². The smallest absolute Gasteiger partial charge is 0.254 e. The quantitative estimate of drug-likeness (QED) is 0.384. The molecule has 9 heteroatoms. The Hall–Kier alpha value is -3.98. The van der Waals surface area contributed by atoms with Crippen molar-refractivity contribution in [3.63, 3.8) is 0 Å². The Morgan fingerprint density at radius 2 is 1.94 bits per heavy atom. The van der Waals surface area contributed by atoms with Crippen LogP contribution in [0.1, 0.15) is 26.3 Å². The first-order chi connectivity index (χ1) is 15.1. The lowest BCUT2D eigenvalue weighted by molar-refractivity contribution is 0.0944. The molecule has 2 aromatic carbocycles. The Morgan fingerprint density at radius 1 is 1.10 bits per heavy atom. The Kier molecular flexibility index (Phi) is 4.72. The molecule has 31 heavy (non-hydrogen) atoms. The third kappa shape index (κ3) is 3.55. The minimum Gasteiger partial charge on any atom is -0.365 e. The zero-order valence-corrected chi connectivity index (χ0v) is 17.1. The van der Waals surface area contributed by atoms with Gasteiger partial charge < -0.3 is 21.7 Å². The van der Waals surface area contributed by atoms with Crippen molar-refractivity contribution in [1.82, 2.24) is 15.3 Å². The van der Waals surface area contributed by atoms with Gasteiger partial charge in [0.1, 0.15) is 11.4 Å². The minimum atomic E-state index is -0.642. The second-order valence-electron chi connectivity index (χ2n) is 7.05. The van der Waals surface area contributed by atoms with E-state index in [9.17, 15) is 9.59 Å². The molecule has 3 heterocycles. The predicted molar refractivity (Wildman–Crippen MR) is 121 cm³/mol. The summed E-state index contributed by atoms with van der Waals surface area (Å²) in [6.45, 7) is 0.550. The molecule has 0 radical (unpaired) electrons. The molecule has 4 aromatic rings. The molecule has 0 bridgehead atoms. The Balaban J connectivity index is 1.53. The number of fused-ring (bicyclic) bond motifs is 2. The average Bonchev–Trinajstić information content (AvgIpc) is 3.25. The maximum absolute atomic E-state index is 12.2. The highest BCUT2D eigenvalue weighted by Gasteiger charge is 2.21. The maximum atomic E-state index is 12.2. The normalized spacial score (nSPS) is 12.8. The summed E-state index contributed by atoms with van der Waals surface area (Å²) in [4.78, 5) is 32.9. The number of aromatic nitrogens is 2. The molecule has 2 aromatic heterocycles. The molecule has 1 aliphatic heterocycles. The number of anilines is 4. The summed E-state index contributed by atoms with van der Waals surface area (Å²) in [7, 11) is 0. The molecule has 0 saturated heterocycles. The van der Waals surface area contributed by atoms with Crippen LogP contribution in [0.5, 0.6) is 0 Å². The summed E-state index contributed by atoms with van der Waals surface area (Å²) in [6.07, 6.45) is 2.07. The Bertz CT molecular complexity index is 1330. The molecule has 0 atom stereocenters. The van der Waals surface area contributed by atoms with E-state index in [0.29, 0.717) is 30.2 Å². The third-order valence-electron chi connectivity index (χ3n) is 5.13. The highest BCUT2D eigenvalue weighted by Crippen LogP contribution is 2.31. The number of hydrogen-bond donors (Lipinski definition) is 4. The van der Waals surface area contributed by atoms with E-state index >= 15 is 0 Å². The SMILES string of the molecule is NC(=O)c1cnc(Nc2cccc3sccc23)nc1Nc1cccc2c1CCNC2=O. The van der Waals surface area contributed by atoms with Crippen molar-refractivity contribution in [3.05, 3.63) is 70.7 Å². The van der Waals surface area contributed by atoms with Gasteiger partial charge in [0.25, 0.3) is 11.8 Å². The lowest BCUT2D eigenvalue weighted by atomic mass is 9.98. The standard InChI is InChI=1S/C22H18N6O2S/c23-19(29)15-11-25-22(27-17-5-2-6-18-14(17)8-10-31-18)28-20(15)26-16-4-1-3-13-12(16)7-9-24-21(13)30/h1-6,8,10-11H,7,9H2,(H2,23,29)(H,24,30)(H2,25,26,27,28). The molecule has 0 unspecified atom stereocenters. The van der Waals surface area contributed by atoms with Gasteiger partial charge in [-0.15, -0.1) is 11.3 Å². The highest BCUT2D eigenvalue weighted by molar-refractivity contribution is 7.17. The number of amides is 2. The van der Waals surface area contributed by atoms with E-state index in [4.69, 9.17) is 5.73 Å². The van der Waals surface area contributed by atoms with E-state index in [1.54, 1.807) is 23.5 Å². The van der Waals surface area contributed by atoms with Gasteiger partial charge in [-0.25, -0.2) is 4.98 Å². The van der Waals surface area contributed by atoms with Crippen molar-refractivity contribution >= 4 is 56.4 Å². The number of thiophene rings is 1. The average molecular weight is 430 g/mol. The summed E-state index contributed by atoms with van der Waals surface area (Å²) in [5, 5.41) is 12.3. The van der Waals surface area contributed by atoms with Crippen molar-refractivity contribution in [2.45, 2.75) is 6.42 Å². The number of rotatable bonds is 5. The van der Waals surface area contributed by atoms with Crippen molar-refractivity contribution in [2.24, 2.45) is 5.73 Å². The molecule has 154 valence electrons. The van der Waals surface area contributed by atoms with Crippen LogP contribution in [0.15, 0.2) is 54.0 Å². The number of nitrogens with zero attached hydrogens (tertiary/aromatic N) is 2. The fraction of sp³-hybridized carbons (Fsp3) is 0.0909. The topological polar surface area (TPSA) is 122 Å². The first-order valence-electron chi connectivity index (χ1n) is 9.67. The highest BCUT2D eigenvalue weighted by atomic mass is 32.1. The molecular weight excluding hydrogens is 412 g/mol. The first kappa shape index (κ1) is 19.0. The second kappa shape index (κ2) is 7.69. The van der Waals surface area contributed by atoms with Gasteiger partial charge in [0.2, 0.25) is 5.95 Å². The molecule has 0 fully saturated rings. The number of carbonyl (C=O) groups excluding carboxylic acids is 2. The molecule has 8 nitrogen and oxygen atoms in total. The maximum Gasteiger partial charge on any atom is 0.254 e. The van der Waals surface area contributed by atoms with Crippen LogP contribution >= 0.6 is 11.3 Å². The number of primary amides is 1. The summed E-state index contributed by atoms with van der Waals surface area (Å²) in [6, 6.07) is 13.4. The van der Waals surface area contributed by atoms with E-state index < -0.39 is 5.91 Å². The van der Waals surface area contributed by atoms with Crippen molar-refractivity contribution in [1.29, 1.82) is 0 Å². The van der Waals surface area contributed by atoms with Gasteiger partial charge in [-0.2, -0.15) is 4.98 Å². The van der Waals surface area contributed by atoms with Gasteiger partial charge in [-0.05, 0) is 47.7 Å². The Labute approximate surface area is 181 Å². The predicted octanol–water partition coefficient (Wildman–Crippen LogP) is 3.56. The number of carbonyl (C=O) groups is 2. The first-order valence-corrected chi connectivity index (χ1v) is 10.6. The lowest BCUT2D eigenvalue weighted by Gasteiger charge is -2.20. The van der Waals surface area contributed by atoms with Gasteiger partial charge in [-0.3, -0.25) is 9.59 Å². The van der Waals surface area contributed by atoms with Gasteiger partial charge in [0, 0.05) is 39.8 Å². The van der Waals surface area contributed by atoms with E-state index in [1.807, 2.05) is 35.7 Å². The molecule has 2 amide bonds. The zero-order valence-electron chi connectivity index (χ0n) is 16.3. The van der Waals surface area contributed by atoms with Gasteiger partial charge in [0.05, 0.1) is 0 Å². The van der Waals surface area contributed by atoms with Crippen LogP contribution in [0.3, 0.4) is 0 Å². The summed E-state index contributed by atoms with van der Waals surface area (Å²) < 4.78 is 1.14. The van der Waals surface area contributed by atoms with Gasteiger partial charge >= 0.3 is 0 Å². The molecule has 5 rings (SSSR count). The summed E-state index contributed by atoms with van der Waals surface area (Å²) in [5.41, 5.74) is 8.77. The van der Waals surface area contributed by atoms with Crippen molar-refractivity contribution < 1.29 is 9.59 Å². The fourth-order valence-corrected chi connectivity index (χ4v) is 4.46. The van der Waals surface area contributed by atoms with Gasteiger partial charge in [-0.1, -0.05) is 12.1 Å². The Morgan fingerprint density at radius 3 is 2.81 bits per heavy atom. The molecule has 5 N–H and O–H groups in total. The number of hydrogen-bond acceptors (Lipinski definition) is 7. The molecule has 0 aliphatic carbocycles. The van der Waals surface area contributed by atoms with Crippen LogP contribution in [-0.4, -0.2) is 28.3 Å². The monoisotopic (exact) mass is 430 g/mol. The van der Waals surface area contributed by atoms with E-state index in [0.717, 1.165) is 21.3 Å². The zero-order chi connectivity index (χ0) is 21.4. The fourth-order valence-electron chi connectivity index (χ4n) is 3.65. The van der Waals surface area contributed by atoms with Crippen molar-refractivity contribution in [3.8, 4) is 0 Å². The lowest BCUT2D eigenvalue weighted by Crippen LogP contribution is -2.32. The van der Waals surface area contributed by atoms with Gasteiger partial charge in [0.15, 0.2) is 0 Å². The summed E-state index contributed by atoms with van der Waals surface area (Å²) in [5.74, 6) is -0.152. The van der Waals surface area contributed by atoms with E-state index in [1.165, 1.54) is 6.20 Å². The molecular formula is C22H18N6O2S. The molecule has 0 spiro atoms. The number of nitrogens with one attached hydrogen (secondary N) is 3. The van der Waals surface area contributed by atoms with Crippen LogP contribution in [0.25, 0.3) is 10.1 Å². The van der Waals surface area contributed by atoms with Crippen LogP contribution in [-0.2, 0) is 6.42 Å². The molecule has 1 aliphatic rings. The largest absolute Gasteiger partial charge is 0.365 e. The van der Waals surface area contributed by atoms with Crippen LogP contribution in [0, 0.1) is 0 Å². The third-order valence-corrected chi connectivity index (χ3v) is 6.01. The van der Waals surface area contributed by atoms with Crippen LogP contribution in [0.2, 0.25) is 0 Å². The number of benzene rings is 2. The van der Waals surface area contributed by atoms with E-state index in [2.05, 4.69) is 25.9 Å².